The van der Waals surface area contributed by atoms with Crippen LogP contribution >= 0.6 is 0 Å². The van der Waals surface area contributed by atoms with Crippen LogP contribution in [0, 0.1) is 11.6 Å². The second-order valence-electron chi connectivity index (χ2n) is 2.96. The van der Waals surface area contributed by atoms with Gasteiger partial charge in [-0.2, -0.15) is 0 Å². The number of methoxy groups -OCH3 is 1. The molecule has 1 unspecified atom stereocenters. The number of hydrogen-bond acceptors (Lipinski definition) is 4. The number of carbonyl (C=O) groups is 1. The van der Waals surface area contributed by atoms with Crippen LogP contribution in [-0.4, -0.2) is 27.0 Å². The number of ether oxygens (including phenoxy) is 1. The molecule has 0 saturated heterocycles. The molecule has 0 N–H and O–H groups in total. The molecule has 1 atom stereocenters. The lowest BCUT2D eigenvalue weighted by molar-refractivity contribution is -0.143. The van der Waals surface area contributed by atoms with E-state index >= 15 is 0 Å². The van der Waals surface area contributed by atoms with Crippen LogP contribution in [0.25, 0.3) is 0 Å². The summed E-state index contributed by atoms with van der Waals surface area (Å²) in [6.45, 7) is 0. The Morgan fingerprint density at radius 3 is 2.35 bits per heavy atom. The van der Waals surface area contributed by atoms with Gasteiger partial charge in [0.2, 0.25) is 9.84 Å². The van der Waals surface area contributed by atoms with E-state index in [-0.39, 0.29) is 0 Å². The minimum Gasteiger partial charge on any atom is -0.466 e. The van der Waals surface area contributed by atoms with Crippen molar-refractivity contribution in [2.24, 2.45) is 0 Å². The summed E-state index contributed by atoms with van der Waals surface area (Å²) in [6.07, 6.45) is 0. The highest BCUT2D eigenvalue weighted by molar-refractivity contribution is 7.92. The lowest BCUT2D eigenvalue weighted by Crippen LogP contribution is -2.27. The third-order valence-electron chi connectivity index (χ3n) is 1.88. The van der Waals surface area contributed by atoms with Crippen LogP contribution in [0.4, 0.5) is 13.2 Å². The molecule has 17 heavy (non-hydrogen) atoms. The van der Waals surface area contributed by atoms with Crippen molar-refractivity contribution in [3.63, 3.8) is 0 Å². The van der Waals surface area contributed by atoms with Gasteiger partial charge in [0.25, 0.3) is 0 Å². The molecule has 0 aliphatic carbocycles. The molecule has 1 aromatic carbocycles. The van der Waals surface area contributed by atoms with Crippen molar-refractivity contribution >= 4 is 15.8 Å². The van der Waals surface area contributed by atoms with Crippen molar-refractivity contribution in [3.05, 3.63) is 29.8 Å². The predicted molar refractivity (Wildman–Crippen MR) is 50.5 cm³/mol. The van der Waals surface area contributed by atoms with Crippen molar-refractivity contribution < 1.29 is 31.1 Å². The Kier molecular flexibility index (Phi) is 3.76. The Bertz CT molecular complexity index is 541. The van der Waals surface area contributed by atoms with Gasteiger partial charge in [-0.25, -0.2) is 26.4 Å². The summed E-state index contributed by atoms with van der Waals surface area (Å²) in [5.41, 5.74) is -2.97. The predicted octanol–water partition coefficient (Wildman–Crippen LogP) is 1.21. The van der Waals surface area contributed by atoms with E-state index in [0.717, 1.165) is 7.11 Å². The molecule has 8 heteroatoms. The molecule has 0 amide bonds. The molecule has 0 aromatic heterocycles. The van der Waals surface area contributed by atoms with Crippen LogP contribution in [0.15, 0.2) is 23.1 Å². The van der Waals surface area contributed by atoms with Crippen molar-refractivity contribution in [2.75, 3.05) is 7.11 Å². The van der Waals surface area contributed by atoms with Gasteiger partial charge < -0.3 is 4.74 Å². The topological polar surface area (TPSA) is 60.4 Å². The van der Waals surface area contributed by atoms with Gasteiger partial charge in [-0.3, -0.25) is 0 Å². The number of halogens is 3. The quantitative estimate of drug-likeness (QED) is 0.610. The number of sulfone groups is 1. The van der Waals surface area contributed by atoms with Crippen LogP contribution < -0.4 is 0 Å². The molecule has 0 heterocycles. The Hall–Kier alpha value is -1.57. The van der Waals surface area contributed by atoms with Gasteiger partial charge in [-0.15, -0.1) is 0 Å². The molecule has 4 nitrogen and oxygen atoms in total. The first-order valence-electron chi connectivity index (χ1n) is 4.21. The van der Waals surface area contributed by atoms with Gasteiger partial charge in [0.1, 0.15) is 0 Å². The van der Waals surface area contributed by atoms with Crippen molar-refractivity contribution in [1.82, 2.24) is 0 Å². The van der Waals surface area contributed by atoms with Crippen LogP contribution in [0.2, 0.25) is 0 Å². The van der Waals surface area contributed by atoms with Crippen molar-refractivity contribution in [3.8, 4) is 0 Å². The SMILES string of the molecule is COC(=O)C(F)S(=O)(=O)c1ccc(F)c(F)c1. The summed E-state index contributed by atoms with van der Waals surface area (Å²) in [6, 6.07) is 1.47. The first kappa shape index (κ1) is 13.5. The normalized spacial score (nSPS) is 13.2. The fourth-order valence-corrected chi connectivity index (χ4v) is 2.11. The summed E-state index contributed by atoms with van der Waals surface area (Å²) in [7, 11) is -3.94. The maximum Gasteiger partial charge on any atom is 0.356 e. The first-order chi connectivity index (χ1) is 7.80. The lowest BCUT2D eigenvalue weighted by Gasteiger charge is -2.08. The minimum absolute atomic E-state index is 0.292. The average molecular weight is 268 g/mol. The van der Waals surface area contributed by atoms with Crippen molar-refractivity contribution in [2.45, 2.75) is 10.4 Å². The molecule has 1 rings (SSSR count). The van der Waals surface area contributed by atoms with E-state index in [1.165, 1.54) is 0 Å². The number of rotatable bonds is 3. The molecular formula is C9H7F3O4S. The fraction of sp³-hybridized carbons (Fsp3) is 0.222. The second kappa shape index (κ2) is 4.74. The summed E-state index contributed by atoms with van der Waals surface area (Å²) >= 11 is 0. The van der Waals surface area contributed by atoms with Gasteiger partial charge in [0, 0.05) is 0 Å². The average Bonchev–Trinajstić information content (AvgIpc) is 2.30. The van der Waals surface area contributed by atoms with Gasteiger partial charge in [0.05, 0.1) is 12.0 Å². The van der Waals surface area contributed by atoms with E-state index in [9.17, 15) is 26.4 Å². The van der Waals surface area contributed by atoms with Gasteiger partial charge in [-0.05, 0) is 18.2 Å². The van der Waals surface area contributed by atoms with Crippen LogP contribution in [0.1, 0.15) is 0 Å². The first-order valence-corrected chi connectivity index (χ1v) is 5.76. The number of esters is 1. The van der Waals surface area contributed by atoms with Crippen LogP contribution in [0.3, 0.4) is 0 Å². The van der Waals surface area contributed by atoms with Crippen molar-refractivity contribution in [1.29, 1.82) is 0 Å². The highest BCUT2D eigenvalue weighted by atomic mass is 32.2. The molecule has 0 fully saturated rings. The van der Waals surface area contributed by atoms with Crippen LogP contribution in [0.5, 0.6) is 0 Å². The number of hydrogen-bond donors (Lipinski definition) is 0. The van der Waals surface area contributed by atoms with E-state index < -0.39 is 37.8 Å². The Labute approximate surface area is 94.9 Å². The fourth-order valence-electron chi connectivity index (χ4n) is 0.993. The molecular weight excluding hydrogens is 261 g/mol. The molecule has 94 valence electrons. The summed E-state index contributed by atoms with van der Waals surface area (Å²) < 4.78 is 65.3. The third-order valence-corrected chi connectivity index (χ3v) is 3.53. The van der Waals surface area contributed by atoms with E-state index in [0.29, 0.717) is 18.2 Å². The zero-order chi connectivity index (χ0) is 13.2. The molecule has 1 aromatic rings. The van der Waals surface area contributed by atoms with Gasteiger partial charge >= 0.3 is 11.5 Å². The molecule has 0 saturated carbocycles. The van der Waals surface area contributed by atoms with Crippen LogP contribution in [-0.2, 0) is 19.4 Å². The second-order valence-corrected chi connectivity index (χ2v) is 4.94. The van der Waals surface area contributed by atoms with E-state index in [2.05, 4.69) is 4.74 Å². The molecule has 0 aliphatic rings. The Balaban J connectivity index is 3.22. The number of carbonyl (C=O) groups excluding carboxylic acids is 1. The molecule has 0 spiro atoms. The minimum atomic E-state index is -4.74. The number of benzene rings is 1. The highest BCUT2D eigenvalue weighted by Gasteiger charge is 2.35. The van der Waals surface area contributed by atoms with E-state index in [4.69, 9.17) is 0 Å². The number of alkyl halides is 1. The maximum atomic E-state index is 13.2. The molecule has 0 aliphatic heterocycles. The highest BCUT2D eigenvalue weighted by Crippen LogP contribution is 2.20. The maximum absolute atomic E-state index is 13.2. The largest absolute Gasteiger partial charge is 0.466 e. The third kappa shape index (κ3) is 2.57. The smallest absolute Gasteiger partial charge is 0.356 e. The summed E-state index contributed by atoms with van der Waals surface area (Å²) in [4.78, 5) is 9.90. The summed E-state index contributed by atoms with van der Waals surface area (Å²) in [5.74, 6) is -4.37. The Morgan fingerprint density at radius 1 is 1.29 bits per heavy atom. The standard InChI is InChI=1S/C9H7F3O4S/c1-16-9(13)8(12)17(14,15)5-2-3-6(10)7(11)4-5/h2-4,8H,1H3. The lowest BCUT2D eigenvalue weighted by atomic mass is 10.3. The van der Waals surface area contributed by atoms with Gasteiger partial charge in [-0.1, -0.05) is 0 Å². The summed E-state index contributed by atoms with van der Waals surface area (Å²) in [5, 5.41) is 0. The molecule has 0 radical (unpaired) electrons. The zero-order valence-electron chi connectivity index (χ0n) is 8.48. The van der Waals surface area contributed by atoms with Gasteiger partial charge in [0.15, 0.2) is 11.6 Å². The molecule has 0 bridgehead atoms. The monoisotopic (exact) mass is 268 g/mol. The Morgan fingerprint density at radius 2 is 1.88 bits per heavy atom. The zero-order valence-corrected chi connectivity index (χ0v) is 9.30. The van der Waals surface area contributed by atoms with E-state index in [1.807, 2.05) is 0 Å². The van der Waals surface area contributed by atoms with E-state index in [1.54, 1.807) is 0 Å².